The first-order chi connectivity index (χ1) is 13.2. The summed E-state index contributed by atoms with van der Waals surface area (Å²) in [7, 11) is 0. The van der Waals surface area contributed by atoms with Gasteiger partial charge in [0.1, 0.15) is 17.7 Å². The van der Waals surface area contributed by atoms with Crippen molar-refractivity contribution in [3.63, 3.8) is 0 Å². The highest BCUT2D eigenvalue weighted by atomic mass is 16.2. The van der Waals surface area contributed by atoms with E-state index in [-0.39, 0.29) is 11.5 Å². The van der Waals surface area contributed by atoms with E-state index >= 15 is 0 Å². The van der Waals surface area contributed by atoms with Crippen LogP contribution in [0.15, 0.2) is 66.4 Å². The molecule has 0 radical (unpaired) electrons. The molecule has 0 atom stereocenters. The number of nitrogens with zero attached hydrogens (tertiary/aromatic N) is 4. The predicted octanol–water partition coefficient (Wildman–Crippen LogP) is 2.99. The summed E-state index contributed by atoms with van der Waals surface area (Å²) in [6.45, 7) is 2.83. The molecule has 2 aromatic rings. The van der Waals surface area contributed by atoms with E-state index in [4.69, 9.17) is 10.5 Å². The first-order valence-electron chi connectivity index (χ1n) is 8.68. The Morgan fingerprint density at radius 3 is 2.22 bits per heavy atom. The summed E-state index contributed by atoms with van der Waals surface area (Å²) >= 11 is 0. The highest BCUT2D eigenvalue weighted by Crippen LogP contribution is 2.20. The van der Waals surface area contributed by atoms with Gasteiger partial charge in [-0.3, -0.25) is 4.79 Å². The molecule has 0 spiro atoms. The van der Waals surface area contributed by atoms with Crippen LogP contribution in [0.5, 0.6) is 0 Å². The molecule has 134 valence electrons. The molecule has 1 saturated heterocycles. The van der Waals surface area contributed by atoms with Gasteiger partial charge in [-0.25, -0.2) is 0 Å². The molecule has 1 aliphatic rings. The van der Waals surface area contributed by atoms with E-state index in [9.17, 15) is 4.79 Å². The van der Waals surface area contributed by atoms with Crippen molar-refractivity contribution in [3.8, 4) is 12.1 Å². The van der Waals surface area contributed by atoms with Gasteiger partial charge >= 0.3 is 0 Å². The van der Waals surface area contributed by atoms with Crippen molar-refractivity contribution in [3.05, 3.63) is 71.9 Å². The third-order valence-electron chi connectivity index (χ3n) is 4.46. The molecule has 27 heavy (non-hydrogen) atoms. The zero-order valence-electron chi connectivity index (χ0n) is 14.8. The van der Waals surface area contributed by atoms with Crippen molar-refractivity contribution in [1.82, 2.24) is 4.90 Å². The highest BCUT2D eigenvalue weighted by molar-refractivity contribution is 6.00. The van der Waals surface area contributed by atoms with E-state index < -0.39 is 0 Å². The van der Waals surface area contributed by atoms with Crippen LogP contribution in [-0.2, 0) is 0 Å². The molecule has 2 aromatic carbocycles. The second kappa shape index (κ2) is 8.55. The maximum absolute atomic E-state index is 13.0. The zero-order chi connectivity index (χ0) is 19.1. The molecule has 0 unspecified atom stereocenters. The smallest absolute Gasteiger partial charge is 0.256 e. The number of hydrogen-bond acceptors (Lipinski definition) is 5. The number of nitrogens with one attached hydrogen (secondary N) is 1. The minimum absolute atomic E-state index is 0.0475. The lowest BCUT2D eigenvalue weighted by atomic mass is 10.1. The summed E-state index contributed by atoms with van der Waals surface area (Å²) in [6, 6.07) is 20.9. The Kier molecular flexibility index (Phi) is 5.71. The lowest BCUT2D eigenvalue weighted by molar-refractivity contribution is 0.0748. The number of allylic oxidation sites excluding steroid dienone is 1. The fraction of sp³-hybridized carbons (Fsp3) is 0.190. The molecule has 0 aromatic heterocycles. The molecule has 1 N–H and O–H groups in total. The van der Waals surface area contributed by atoms with Crippen molar-refractivity contribution in [2.24, 2.45) is 0 Å². The Bertz CT molecular complexity index is 900. The van der Waals surface area contributed by atoms with Gasteiger partial charge in [-0.15, -0.1) is 0 Å². The third kappa shape index (κ3) is 4.26. The van der Waals surface area contributed by atoms with Crippen LogP contribution in [0.1, 0.15) is 10.4 Å². The van der Waals surface area contributed by atoms with E-state index in [2.05, 4.69) is 22.3 Å². The van der Waals surface area contributed by atoms with Crippen molar-refractivity contribution >= 4 is 17.3 Å². The Morgan fingerprint density at radius 1 is 0.926 bits per heavy atom. The second-order valence-electron chi connectivity index (χ2n) is 6.09. The van der Waals surface area contributed by atoms with Crippen LogP contribution in [0.2, 0.25) is 0 Å². The number of anilines is 2. The van der Waals surface area contributed by atoms with Crippen LogP contribution < -0.4 is 10.2 Å². The Morgan fingerprint density at radius 2 is 1.56 bits per heavy atom. The number of benzene rings is 2. The van der Waals surface area contributed by atoms with Gasteiger partial charge in [0.25, 0.3) is 5.91 Å². The standard InChI is InChI=1S/C21H19N5O/c22-14-17(15-23)16-24-20-9-5-4-8-19(20)21(27)26-12-10-25(11-13-26)18-6-2-1-3-7-18/h1-9,16,24H,10-13H2. The van der Waals surface area contributed by atoms with Gasteiger partial charge in [0.2, 0.25) is 0 Å². The molecule has 6 heteroatoms. The van der Waals surface area contributed by atoms with Gasteiger partial charge < -0.3 is 15.1 Å². The predicted molar refractivity (Wildman–Crippen MR) is 104 cm³/mol. The minimum Gasteiger partial charge on any atom is -0.368 e. The quantitative estimate of drug-likeness (QED) is 0.851. The van der Waals surface area contributed by atoms with Crippen molar-refractivity contribution in [2.75, 3.05) is 36.4 Å². The lowest BCUT2D eigenvalue weighted by Gasteiger charge is -2.36. The molecule has 0 bridgehead atoms. The van der Waals surface area contributed by atoms with Crippen LogP contribution in [0.4, 0.5) is 11.4 Å². The molecule has 1 fully saturated rings. The average Bonchev–Trinajstić information content (AvgIpc) is 2.75. The average molecular weight is 357 g/mol. The Hall–Kier alpha value is -3.77. The first kappa shape index (κ1) is 18.0. The van der Waals surface area contributed by atoms with Gasteiger partial charge in [-0.1, -0.05) is 30.3 Å². The van der Waals surface area contributed by atoms with Crippen LogP contribution in [0.3, 0.4) is 0 Å². The molecule has 0 aliphatic carbocycles. The van der Waals surface area contributed by atoms with Crippen LogP contribution >= 0.6 is 0 Å². The number of amides is 1. The number of para-hydroxylation sites is 2. The van der Waals surface area contributed by atoms with Crippen molar-refractivity contribution in [2.45, 2.75) is 0 Å². The van der Waals surface area contributed by atoms with E-state index in [0.29, 0.717) is 24.3 Å². The number of piperazine rings is 1. The zero-order valence-corrected chi connectivity index (χ0v) is 14.8. The van der Waals surface area contributed by atoms with Gasteiger partial charge in [0.05, 0.1) is 11.3 Å². The van der Waals surface area contributed by atoms with E-state index in [0.717, 1.165) is 18.8 Å². The summed E-state index contributed by atoms with van der Waals surface area (Å²) in [5.41, 5.74) is 2.22. The third-order valence-corrected chi connectivity index (χ3v) is 4.46. The van der Waals surface area contributed by atoms with Gasteiger partial charge in [0.15, 0.2) is 0 Å². The van der Waals surface area contributed by atoms with E-state index in [1.165, 1.54) is 6.20 Å². The normalized spacial score (nSPS) is 13.3. The second-order valence-corrected chi connectivity index (χ2v) is 6.09. The minimum atomic E-state index is -0.0605. The van der Waals surface area contributed by atoms with Gasteiger partial charge in [-0.2, -0.15) is 10.5 Å². The summed E-state index contributed by atoms with van der Waals surface area (Å²) in [5.74, 6) is -0.0605. The van der Waals surface area contributed by atoms with Crippen molar-refractivity contribution in [1.29, 1.82) is 10.5 Å². The molecule has 1 heterocycles. The number of rotatable bonds is 4. The van der Waals surface area contributed by atoms with E-state index in [1.807, 2.05) is 23.1 Å². The number of carbonyl (C=O) groups excluding carboxylic acids is 1. The summed E-state index contributed by atoms with van der Waals surface area (Å²) in [4.78, 5) is 17.1. The number of carbonyl (C=O) groups is 1. The maximum atomic E-state index is 13.0. The van der Waals surface area contributed by atoms with Gasteiger partial charge in [0, 0.05) is 38.1 Å². The SMILES string of the molecule is N#CC(C#N)=CNc1ccccc1C(=O)N1CCN(c2ccccc2)CC1. The summed E-state index contributed by atoms with van der Waals surface area (Å²) in [5, 5.41) is 20.6. The van der Waals surface area contributed by atoms with Crippen LogP contribution in [-0.4, -0.2) is 37.0 Å². The number of nitriles is 2. The molecule has 1 amide bonds. The molecule has 0 saturated carbocycles. The topological polar surface area (TPSA) is 83.2 Å². The largest absolute Gasteiger partial charge is 0.368 e. The Balaban J connectivity index is 1.70. The van der Waals surface area contributed by atoms with Gasteiger partial charge in [-0.05, 0) is 24.3 Å². The Labute approximate surface area is 158 Å². The van der Waals surface area contributed by atoms with E-state index in [1.54, 1.807) is 36.4 Å². The fourth-order valence-electron chi connectivity index (χ4n) is 3.01. The maximum Gasteiger partial charge on any atom is 0.256 e. The summed E-state index contributed by atoms with van der Waals surface area (Å²) < 4.78 is 0. The first-order valence-corrected chi connectivity index (χ1v) is 8.68. The molecular formula is C21H19N5O. The molecule has 3 rings (SSSR count). The van der Waals surface area contributed by atoms with Crippen LogP contribution in [0.25, 0.3) is 0 Å². The molecule has 1 aliphatic heterocycles. The molecular weight excluding hydrogens is 338 g/mol. The van der Waals surface area contributed by atoms with Crippen LogP contribution in [0, 0.1) is 22.7 Å². The lowest BCUT2D eigenvalue weighted by Crippen LogP contribution is -2.48. The number of hydrogen-bond donors (Lipinski definition) is 1. The molecule has 6 nitrogen and oxygen atoms in total. The monoisotopic (exact) mass is 357 g/mol. The fourth-order valence-corrected chi connectivity index (χ4v) is 3.01. The summed E-state index contributed by atoms with van der Waals surface area (Å²) in [6.07, 6.45) is 1.32. The highest BCUT2D eigenvalue weighted by Gasteiger charge is 2.23. The van der Waals surface area contributed by atoms with Crippen molar-refractivity contribution < 1.29 is 4.79 Å².